The van der Waals surface area contributed by atoms with Gasteiger partial charge in [-0.2, -0.15) is 8.78 Å². The molecule has 3 rings (SSSR count). The zero-order valence-electron chi connectivity index (χ0n) is 15.5. The van der Waals surface area contributed by atoms with Gasteiger partial charge in [-0.15, -0.1) is 10.2 Å². The Morgan fingerprint density at radius 2 is 1.93 bits per heavy atom. The van der Waals surface area contributed by atoms with Crippen molar-refractivity contribution in [1.82, 2.24) is 14.8 Å². The SMILES string of the molecule is Cn1c(SCC(=O)Nc2ccccc2[N+](=O)[O-])nnc1-c1ccc(OC(F)F)cc1. The molecule has 0 fully saturated rings. The molecule has 2 aromatic carbocycles. The van der Waals surface area contributed by atoms with Crippen LogP contribution in [0.1, 0.15) is 0 Å². The number of benzene rings is 2. The van der Waals surface area contributed by atoms with Crippen molar-refractivity contribution in [3.63, 3.8) is 0 Å². The van der Waals surface area contributed by atoms with E-state index >= 15 is 0 Å². The van der Waals surface area contributed by atoms with Gasteiger partial charge in [0.15, 0.2) is 11.0 Å². The minimum absolute atomic E-state index is 0.0252. The van der Waals surface area contributed by atoms with E-state index in [-0.39, 0.29) is 22.9 Å². The molecule has 0 spiro atoms. The van der Waals surface area contributed by atoms with Gasteiger partial charge in [-0.3, -0.25) is 14.9 Å². The highest BCUT2D eigenvalue weighted by molar-refractivity contribution is 7.99. The van der Waals surface area contributed by atoms with E-state index in [0.29, 0.717) is 16.5 Å². The first-order valence-electron chi connectivity index (χ1n) is 8.46. The third-order valence-corrected chi connectivity index (χ3v) is 4.90. The number of aromatic nitrogens is 3. The standard InChI is InChI=1S/C18H15F2N5O4S/c1-24-16(11-6-8-12(9-7-11)29-17(19)20)22-23-18(24)30-10-15(26)21-13-4-2-3-5-14(13)25(27)28/h2-9,17H,10H2,1H3,(H,21,26). The van der Waals surface area contributed by atoms with Gasteiger partial charge >= 0.3 is 6.61 Å². The van der Waals surface area contributed by atoms with Crippen LogP contribution < -0.4 is 10.1 Å². The van der Waals surface area contributed by atoms with Crippen LogP contribution in [0.3, 0.4) is 0 Å². The maximum atomic E-state index is 12.2. The van der Waals surface area contributed by atoms with Crippen molar-refractivity contribution in [2.45, 2.75) is 11.8 Å². The summed E-state index contributed by atoms with van der Waals surface area (Å²) in [5.41, 5.74) is 0.539. The number of nitrogens with one attached hydrogen (secondary N) is 1. The molecular weight excluding hydrogens is 420 g/mol. The molecule has 0 aliphatic heterocycles. The summed E-state index contributed by atoms with van der Waals surface area (Å²) in [5, 5.41) is 22.1. The number of anilines is 1. The number of para-hydroxylation sites is 2. The van der Waals surface area contributed by atoms with Gasteiger partial charge in [0.25, 0.3) is 5.69 Å². The summed E-state index contributed by atoms with van der Waals surface area (Å²) < 4.78 is 30.4. The number of hydrogen-bond donors (Lipinski definition) is 1. The predicted octanol–water partition coefficient (Wildman–Crippen LogP) is 3.72. The highest BCUT2D eigenvalue weighted by atomic mass is 32.2. The molecule has 30 heavy (non-hydrogen) atoms. The molecule has 0 radical (unpaired) electrons. The lowest BCUT2D eigenvalue weighted by molar-refractivity contribution is -0.383. The number of ether oxygens (including phenoxy) is 1. The van der Waals surface area contributed by atoms with Gasteiger partial charge in [-0.05, 0) is 30.3 Å². The lowest BCUT2D eigenvalue weighted by Crippen LogP contribution is -2.15. The number of amides is 1. The third kappa shape index (κ3) is 5.08. The molecule has 1 aromatic heterocycles. The smallest absolute Gasteiger partial charge is 0.387 e. The van der Waals surface area contributed by atoms with Gasteiger partial charge < -0.3 is 14.6 Å². The summed E-state index contributed by atoms with van der Waals surface area (Å²) in [7, 11) is 1.70. The molecule has 0 saturated heterocycles. The second kappa shape index (κ2) is 9.31. The first-order chi connectivity index (χ1) is 14.3. The van der Waals surface area contributed by atoms with Crippen LogP contribution in [0.4, 0.5) is 20.2 Å². The van der Waals surface area contributed by atoms with E-state index in [1.54, 1.807) is 29.8 Å². The third-order valence-electron chi connectivity index (χ3n) is 3.88. The molecule has 0 unspecified atom stereocenters. The Morgan fingerprint density at radius 1 is 1.23 bits per heavy atom. The van der Waals surface area contributed by atoms with Crippen molar-refractivity contribution in [2.75, 3.05) is 11.1 Å². The second-order valence-electron chi connectivity index (χ2n) is 5.88. The first kappa shape index (κ1) is 21.2. The Bertz CT molecular complexity index is 1060. The minimum Gasteiger partial charge on any atom is -0.435 e. The molecule has 0 saturated carbocycles. The highest BCUT2D eigenvalue weighted by Crippen LogP contribution is 2.26. The fourth-order valence-corrected chi connectivity index (χ4v) is 3.24. The van der Waals surface area contributed by atoms with Crippen molar-refractivity contribution in [3.05, 3.63) is 58.6 Å². The van der Waals surface area contributed by atoms with Crippen molar-refractivity contribution in [2.24, 2.45) is 7.05 Å². The van der Waals surface area contributed by atoms with E-state index in [2.05, 4.69) is 20.3 Å². The number of carbonyl (C=O) groups excluding carboxylic acids is 1. The summed E-state index contributed by atoms with van der Waals surface area (Å²) in [6, 6.07) is 11.8. The molecule has 156 valence electrons. The maximum absolute atomic E-state index is 12.2. The van der Waals surface area contributed by atoms with Crippen molar-refractivity contribution < 1.29 is 23.2 Å². The van der Waals surface area contributed by atoms with Crippen LogP contribution in [0.25, 0.3) is 11.4 Å². The molecule has 1 N–H and O–H groups in total. The Hall–Kier alpha value is -3.54. The van der Waals surface area contributed by atoms with E-state index in [1.165, 1.54) is 30.3 Å². The van der Waals surface area contributed by atoms with E-state index in [0.717, 1.165) is 11.8 Å². The lowest BCUT2D eigenvalue weighted by atomic mass is 10.2. The van der Waals surface area contributed by atoms with E-state index < -0.39 is 17.4 Å². The molecule has 0 bridgehead atoms. The quantitative estimate of drug-likeness (QED) is 0.326. The molecule has 0 aliphatic carbocycles. The van der Waals surface area contributed by atoms with Gasteiger partial charge in [0.05, 0.1) is 10.7 Å². The number of hydrogen-bond acceptors (Lipinski definition) is 7. The first-order valence-corrected chi connectivity index (χ1v) is 9.44. The number of thioether (sulfide) groups is 1. The van der Waals surface area contributed by atoms with Gasteiger partial charge in [0, 0.05) is 18.7 Å². The van der Waals surface area contributed by atoms with Gasteiger partial charge in [-0.1, -0.05) is 23.9 Å². The zero-order valence-corrected chi connectivity index (χ0v) is 16.3. The summed E-state index contributed by atoms with van der Waals surface area (Å²) in [6.45, 7) is -2.91. The van der Waals surface area contributed by atoms with Crippen LogP contribution in [0, 0.1) is 10.1 Å². The molecule has 1 amide bonds. The number of halogens is 2. The second-order valence-corrected chi connectivity index (χ2v) is 6.82. The van der Waals surface area contributed by atoms with E-state index in [1.807, 2.05) is 0 Å². The van der Waals surface area contributed by atoms with Crippen LogP contribution in [0.15, 0.2) is 53.7 Å². The summed E-state index contributed by atoms with van der Waals surface area (Å²) in [5.74, 6) is 0.0175. The topological polar surface area (TPSA) is 112 Å². The molecule has 3 aromatic rings. The van der Waals surface area contributed by atoms with Gasteiger partial charge in [0.2, 0.25) is 5.91 Å². The predicted molar refractivity (Wildman–Crippen MR) is 106 cm³/mol. The van der Waals surface area contributed by atoms with Crippen LogP contribution in [-0.2, 0) is 11.8 Å². The van der Waals surface area contributed by atoms with Crippen LogP contribution in [0.5, 0.6) is 5.75 Å². The average Bonchev–Trinajstić information content (AvgIpc) is 3.07. The van der Waals surface area contributed by atoms with Gasteiger partial charge in [-0.25, -0.2) is 0 Å². The average molecular weight is 435 g/mol. The molecule has 1 heterocycles. The zero-order chi connectivity index (χ0) is 21.7. The Labute approximate surface area is 173 Å². The Balaban J connectivity index is 1.64. The van der Waals surface area contributed by atoms with Crippen LogP contribution in [-0.4, -0.2) is 38.0 Å². The fourth-order valence-electron chi connectivity index (χ4n) is 2.53. The maximum Gasteiger partial charge on any atom is 0.387 e. The summed E-state index contributed by atoms with van der Waals surface area (Å²) in [6.07, 6.45) is 0. The van der Waals surface area contributed by atoms with Gasteiger partial charge in [0.1, 0.15) is 11.4 Å². The van der Waals surface area contributed by atoms with Crippen molar-refractivity contribution in [1.29, 1.82) is 0 Å². The number of alkyl halides is 2. The molecule has 9 nitrogen and oxygen atoms in total. The monoisotopic (exact) mass is 435 g/mol. The van der Waals surface area contributed by atoms with Crippen LogP contribution >= 0.6 is 11.8 Å². The number of carbonyl (C=O) groups is 1. The Kier molecular flexibility index (Phi) is 6.57. The molecule has 0 atom stereocenters. The normalized spacial score (nSPS) is 10.8. The number of rotatable bonds is 8. The van der Waals surface area contributed by atoms with E-state index in [9.17, 15) is 23.7 Å². The van der Waals surface area contributed by atoms with Crippen molar-refractivity contribution in [3.8, 4) is 17.1 Å². The number of nitro groups is 1. The largest absolute Gasteiger partial charge is 0.435 e. The summed E-state index contributed by atoms with van der Waals surface area (Å²) in [4.78, 5) is 22.6. The molecular formula is C18H15F2N5O4S. The molecule has 0 aliphatic rings. The highest BCUT2D eigenvalue weighted by Gasteiger charge is 2.17. The number of nitro benzene ring substituents is 1. The Morgan fingerprint density at radius 3 is 2.60 bits per heavy atom. The summed E-state index contributed by atoms with van der Waals surface area (Å²) >= 11 is 1.10. The molecule has 12 heteroatoms. The number of nitrogens with zero attached hydrogens (tertiary/aromatic N) is 4. The van der Waals surface area contributed by atoms with Crippen LogP contribution in [0.2, 0.25) is 0 Å². The van der Waals surface area contributed by atoms with E-state index in [4.69, 9.17) is 0 Å². The van der Waals surface area contributed by atoms with Crippen molar-refractivity contribution >= 4 is 29.0 Å². The fraction of sp³-hybridized carbons (Fsp3) is 0.167. The lowest BCUT2D eigenvalue weighted by Gasteiger charge is -2.07. The minimum atomic E-state index is -2.91.